The summed E-state index contributed by atoms with van der Waals surface area (Å²) in [5, 5.41) is 3.63. The Morgan fingerprint density at radius 1 is 1.52 bits per heavy atom. The molecule has 120 valence electrons. The highest BCUT2D eigenvalue weighted by molar-refractivity contribution is 7.89. The van der Waals surface area contributed by atoms with Crippen LogP contribution in [-0.4, -0.2) is 48.0 Å². The molecule has 0 saturated carbocycles. The molecule has 0 aromatic carbocycles. The lowest BCUT2D eigenvalue weighted by Crippen LogP contribution is -2.42. The van der Waals surface area contributed by atoms with Gasteiger partial charge in [0.25, 0.3) is 10.0 Å². The minimum absolute atomic E-state index is 0. The van der Waals surface area contributed by atoms with E-state index in [0.717, 1.165) is 51.1 Å². The molecule has 1 atom stereocenters. The highest BCUT2D eigenvalue weighted by atomic mass is 35.5. The lowest BCUT2D eigenvalue weighted by atomic mass is 10.2. The van der Waals surface area contributed by atoms with E-state index in [0.29, 0.717) is 11.6 Å². The molecule has 1 fully saturated rings. The van der Waals surface area contributed by atoms with Crippen molar-refractivity contribution in [2.24, 2.45) is 0 Å². The fourth-order valence-electron chi connectivity index (χ4n) is 3.16. The first kappa shape index (κ1) is 16.7. The summed E-state index contributed by atoms with van der Waals surface area (Å²) >= 11 is 0. The molecule has 0 aliphatic carbocycles. The highest BCUT2D eigenvalue weighted by Gasteiger charge is 2.35. The summed E-state index contributed by atoms with van der Waals surface area (Å²) in [5.41, 5.74) is 0. The van der Waals surface area contributed by atoms with Crippen LogP contribution in [0.4, 0.5) is 0 Å². The van der Waals surface area contributed by atoms with Crippen LogP contribution in [0, 0.1) is 0 Å². The average Bonchev–Trinajstić information content (AvgIpc) is 3.11. The largest absolute Gasteiger partial charge is 0.318 e. The van der Waals surface area contributed by atoms with Gasteiger partial charge in [-0.25, -0.2) is 13.4 Å². The first-order chi connectivity index (χ1) is 9.64. The van der Waals surface area contributed by atoms with Gasteiger partial charge in [0.05, 0.1) is 6.20 Å². The van der Waals surface area contributed by atoms with Gasteiger partial charge in [0.15, 0.2) is 5.03 Å². The summed E-state index contributed by atoms with van der Waals surface area (Å²) in [6, 6.07) is 0.0764. The molecule has 1 unspecified atom stereocenters. The number of aromatic nitrogens is 2. The standard InChI is InChI=1S/C13H22N4O2S.ClH/c1-2-7-17(11-5-6-14-9-11)20(18,19)13-10-15-12-4-3-8-16(12)13;/h10-11,14H,2-9H2,1H3;1H. The Labute approximate surface area is 132 Å². The number of nitrogens with one attached hydrogen (secondary N) is 1. The molecule has 0 amide bonds. The van der Waals surface area contributed by atoms with Crippen molar-refractivity contribution in [1.29, 1.82) is 0 Å². The van der Waals surface area contributed by atoms with Gasteiger partial charge >= 0.3 is 0 Å². The Balaban J connectivity index is 0.00000161. The molecular weight excluding hydrogens is 312 g/mol. The fourth-order valence-corrected chi connectivity index (χ4v) is 5.06. The van der Waals surface area contributed by atoms with Crippen LogP contribution >= 0.6 is 12.4 Å². The van der Waals surface area contributed by atoms with Crippen molar-refractivity contribution in [3.63, 3.8) is 0 Å². The van der Waals surface area contributed by atoms with Crippen molar-refractivity contribution >= 4 is 22.4 Å². The predicted molar refractivity (Wildman–Crippen MR) is 83.3 cm³/mol. The fraction of sp³-hybridized carbons (Fsp3) is 0.769. The molecule has 1 N–H and O–H groups in total. The summed E-state index contributed by atoms with van der Waals surface area (Å²) in [6.07, 6.45) is 5.13. The number of aryl methyl sites for hydroxylation is 1. The molecule has 6 nitrogen and oxygen atoms in total. The monoisotopic (exact) mass is 334 g/mol. The van der Waals surface area contributed by atoms with E-state index in [4.69, 9.17) is 0 Å². The topological polar surface area (TPSA) is 67.2 Å². The van der Waals surface area contributed by atoms with Crippen molar-refractivity contribution in [3.8, 4) is 0 Å². The number of imidazole rings is 1. The summed E-state index contributed by atoms with van der Waals surface area (Å²) < 4.78 is 29.5. The third kappa shape index (κ3) is 2.97. The van der Waals surface area contributed by atoms with E-state index in [1.54, 1.807) is 4.31 Å². The second-order valence-electron chi connectivity index (χ2n) is 5.53. The van der Waals surface area contributed by atoms with E-state index in [1.165, 1.54) is 6.20 Å². The van der Waals surface area contributed by atoms with Gasteiger partial charge < -0.3 is 9.88 Å². The molecule has 1 aromatic heterocycles. The van der Waals surface area contributed by atoms with Gasteiger partial charge in [0, 0.05) is 32.1 Å². The van der Waals surface area contributed by atoms with Gasteiger partial charge in [-0.3, -0.25) is 0 Å². The minimum Gasteiger partial charge on any atom is -0.318 e. The number of nitrogens with zero attached hydrogens (tertiary/aromatic N) is 3. The SMILES string of the molecule is CCCN(C1CCNC1)S(=O)(=O)c1cnc2n1CCC2.Cl. The Morgan fingerprint density at radius 3 is 3.00 bits per heavy atom. The number of hydrogen-bond acceptors (Lipinski definition) is 4. The first-order valence-electron chi connectivity index (χ1n) is 7.41. The van der Waals surface area contributed by atoms with E-state index >= 15 is 0 Å². The normalized spacial score (nSPS) is 21.5. The molecule has 0 spiro atoms. The zero-order valence-electron chi connectivity index (χ0n) is 12.3. The second-order valence-corrected chi connectivity index (χ2v) is 7.37. The number of fused-ring (bicyclic) bond motifs is 1. The maximum atomic E-state index is 13.0. The van der Waals surface area contributed by atoms with Crippen molar-refractivity contribution in [2.75, 3.05) is 19.6 Å². The highest BCUT2D eigenvalue weighted by Crippen LogP contribution is 2.25. The zero-order chi connectivity index (χ0) is 14.2. The van der Waals surface area contributed by atoms with Gasteiger partial charge in [-0.05, 0) is 25.8 Å². The van der Waals surface area contributed by atoms with Crippen molar-refractivity contribution in [2.45, 2.75) is 50.2 Å². The van der Waals surface area contributed by atoms with Crippen LogP contribution in [-0.2, 0) is 23.0 Å². The van der Waals surface area contributed by atoms with Gasteiger partial charge in [-0.15, -0.1) is 12.4 Å². The summed E-state index contributed by atoms with van der Waals surface area (Å²) in [7, 11) is -3.43. The maximum absolute atomic E-state index is 13.0. The lowest BCUT2D eigenvalue weighted by molar-refractivity contribution is 0.332. The van der Waals surface area contributed by atoms with Crippen molar-refractivity contribution in [3.05, 3.63) is 12.0 Å². The maximum Gasteiger partial charge on any atom is 0.260 e. The molecular formula is C13H23ClN4O2S. The molecule has 1 aromatic rings. The average molecular weight is 335 g/mol. The van der Waals surface area contributed by atoms with Crippen LogP contribution < -0.4 is 5.32 Å². The van der Waals surface area contributed by atoms with E-state index in [9.17, 15) is 8.42 Å². The third-order valence-electron chi connectivity index (χ3n) is 4.14. The van der Waals surface area contributed by atoms with E-state index in [1.807, 2.05) is 11.5 Å². The quantitative estimate of drug-likeness (QED) is 0.872. The summed E-state index contributed by atoms with van der Waals surface area (Å²) in [5.74, 6) is 0.907. The molecule has 1 saturated heterocycles. The molecule has 21 heavy (non-hydrogen) atoms. The number of sulfonamides is 1. The molecule has 0 radical (unpaired) electrons. The van der Waals surface area contributed by atoms with Gasteiger partial charge in [0.2, 0.25) is 0 Å². The van der Waals surface area contributed by atoms with Crippen LogP contribution in [0.1, 0.15) is 32.0 Å². The third-order valence-corrected chi connectivity index (χ3v) is 6.09. The smallest absolute Gasteiger partial charge is 0.260 e. The lowest BCUT2D eigenvalue weighted by Gasteiger charge is -2.27. The first-order valence-corrected chi connectivity index (χ1v) is 8.85. The van der Waals surface area contributed by atoms with Crippen molar-refractivity contribution < 1.29 is 8.42 Å². The molecule has 8 heteroatoms. The Hall–Kier alpha value is -0.630. The zero-order valence-corrected chi connectivity index (χ0v) is 13.9. The van der Waals surface area contributed by atoms with Gasteiger partial charge in [-0.2, -0.15) is 4.31 Å². The molecule has 2 aliphatic rings. The molecule has 2 aliphatic heterocycles. The Bertz CT molecular complexity index is 581. The van der Waals surface area contributed by atoms with Gasteiger partial charge in [-0.1, -0.05) is 6.92 Å². The Kier molecular flexibility index (Phi) is 5.29. The van der Waals surface area contributed by atoms with Crippen molar-refractivity contribution in [1.82, 2.24) is 19.2 Å². The van der Waals surface area contributed by atoms with Gasteiger partial charge in [0.1, 0.15) is 5.82 Å². The number of hydrogen-bond donors (Lipinski definition) is 1. The van der Waals surface area contributed by atoms with Crippen LogP contribution in [0.2, 0.25) is 0 Å². The predicted octanol–water partition coefficient (Wildman–Crippen LogP) is 1.01. The summed E-state index contributed by atoms with van der Waals surface area (Å²) in [6.45, 7) is 5.01. The number of rotatable bonds is 5. The Morgan fingerprint density at radius 2 is 2.33 bits per heavy atom. The van der Waals surface area contributed by atoms with Crippen LogP contribution in [0.3, 0.4) is 0 Å². The minimum atomic E-state index is -3.43. The molecule has 3 heterocycles. The molecule has 0 bridgehead atoms. The van der Waals surface area contributed by atoms with E-state index < -0.39 is 10.0 Å². The summed E-state index contributed by atoms with van der Waals surface area (Å²) in [4.78, 5) is 4.27. The van der Waals surface area contributed by atoms with Crippen LogP contribution in [0.15, 0.2) is 11.2 Å². The van der Waals surface area contributed by atoms with Crippen LogP contribution in [0.5, 0.6) is 0 Å². The van der Waals surface area contributed by atoms with Crippen LogP contribution in [0.25, 0.3) is 0 Å². The van der Waals surface area contributed by atoms with E-state index in [-0.39, 0.29) is 18.4 Å². The second kappa shape index (κ2) is 6.64. The van der Waals surface area contributed by atoms with E-state index in [2.05, 4.69) is 10.3 Å². The number of halogens is 1. The molecule has 3 rings (SSSR count).